The minimum atomic E-state index is -0.123. The number of nitrogens with zero attached hydrogens (tertiary/aromatic N) is 2. The number of benzene rings is 4. The van der Waals surface area contributed by atoms with Crippen LogP contribution in [0.3, 0.4) is 0 Å². The molecule has 0 bridgehead atoms. The Morgan fingerprint density at radius 1 is 0.475 bits per heavy atom. The van der Waals surface area contributed by atoms with E-state index >= 15 is 0 Å². The van der Waals surface area contributed by atoms with Gasteiger partial charge in [0.05, 0.1) is 49.9 Å². The summed E-state index contributed by atoms with van der Waals surface area (Å²) >= 11 is 0. The predicted molar refractivity (Wildman–Crippen MR) is 235 cm³/mol. The maximum Gasteiger partial charge on any atom is 0.196 e. The molecule has 4 aromatic rings. The molecule has 0 unspecified atom stereocenters. The van der Waals surface area contributed by atoms with Gasteiger partial charge in [0.25, 0.3) is 0 Å². The van der Waals surface area contributed by atoms with Crippen LogP contribution in [0.15, 0.2) is 48.5 Å². The molecule has 0 saturated heterocycles. The van der Waals surface area contributed by atoms with Crippen LogP contribution in [0.5, 0.6) is 34.5 Å². The van der Waals surface area contributed by atoms with E-state index in [-0.39, 0.29) is 11.6 Å². The summed E-state index contributed by atoms with van der Waals surface area (Å²) in [6.07, 6.45) is 2.79. The van der Waals surface area contributed by atoms with Crippen LogP contribution in [0.1, 0.15) is 92.6 Å². The lowest BCUT2D eigenvalue weighted by molar-refractivity contribution is 0.103. The number of hydrogen-bond acceptors (Lipinski definition) is 12. The van der Waals surface area contributed by atoms with Crippen LogP contribution in [0.25, 0.3) is 22.3 Å². The van der Waals surface area contributed by atoms with Gasteiger partial charge in [0.15, 0.2) is 11.6 Å². The van der Waals surface area contributed by atoms with Crippen LogP contribution in [-0.4, -0.2) is 101 Å². The fourth-order valence-corrected chi connectivity index (χ4v) is 7.49. The highest BCUT2D eigenvalue weighted by atomic mass is 16.5. The normalized spacial score (nSPS) is 12.1. The minimum Gasteiger partial charge on any atom is -0.494 e. The molecule has 6 rings (SSSR count). The Hall–Kier alpha value is -5.46. The van der Waals surface area contributed by atoms with Gasteiger partial charge in [-0.2, -0.15) is 0 Å². The highest BCUT2D eigenvalue weighted by molar-refractivity contribution is 6.27. The molecule has 2 aliphatic carbocycles. The molecule has 12 nitrogen and oxygen atoms in total. The molecule has 4 aromatic carbocycles. The molecule has 318 valence electrons. The predicted octanol–water partition coefficient (Wildman–Crippen LogP) is 8.39. The molecule has 0 radical (unpaired) electrons. The van der Waals surface area contributed by atoms with Gasteiger partial charge in [-0.3, -0.25) is 9.59 Å². The number of nitrogen functional groups attached to an aromatic ring is 2. The van der Waals surface area contributed by atoms with Crippen LogP contribution < -0.4 is 39.9 Å². The summed E-state index contributed by atoms with van der Waals surface area (Å²) in [4.78, 5) is 31.0. The number of anilines is 2. The number of hydrogen-bond donors (Lipinski definition) is 2. The van der Waals surface area contributed by atoms with Crippen molar-refractivity contribution in [1.29, 1.82) is 0 Å². The third-order valence-electron chi connectivity index (χ3n) is 10.9. The van der Waals surface area contributed by atoms with Gasteiger partial charge < -0.3 is 49.7 Å². The van der Waals surface area contributed by atoms with Crippen molar-refractivity contribution < 1.29 is 38.0 Å². The third kappa shape index (κ3) is 9.39. The fraction of sp³-hybridized carbons (Fsp3) is 0.447. The van der Waals surface area contributed by atoms with Gasteiger partial charge >= 0.3 is 0 Å². The summed E-state index contributed by atoms with van der Waals surface area (Å²) in [5, 5.41) is 0. The second kappa shape index (κ2) is 21.0. The number of nitrogens with two attached hydrogens (primary N) is 2. The lowest BCUT2D eigenvalue weighted by Crippen LogP contribution is -2.28. The summed E-state index contributed by atoms with van der Waals surface area (Å²) < 4.78 is 35.1. The van der Waals surface area contributed by atoms with Gasteiger partial charge in [0.1, 0.15) is 47.7 Å². The Labute approximate surface area is 349 Å². The zero-order valence-electron chi connectivity index (χ0n) is 36.1. The molecule has 0 saturated carbocycles. The molecule has 0 atom stereocenters. The molecule has 0 amide bonds. The van der Waals surface area contributed by atoms with E-state index in [2.05, 4.69) is 44.4 Å². The Morgan fingerprint density at radius 2 is 0.881 bits per heavy atom. The summed E-state index contributed by atoms with van der Waals surface area (Å²) in [6, 6.07) is 14.7. The van der Waals surface area contributed by atoms with Crippen LogP contribution in [0, 0.1) is 0 Å². The van der Waals surface area contributed by atoms with E-state index < -0.39 is 0 Å². The first-order valence-corrected chi connectivity index (χ1v) is 21.0. The molecule has 0 aromatic heterocycles. The fourth-order valence-electron chi connectivity index (χ4n) is 7.49. The van der Waals surface area contributed by atoms with Crippen molar-refractivity contribution in [2.24, 2.45) is 0 Å². The maximum absolute atomic E-state index is 13.2. The monoisotopic (exact) mass is 810 g/mol. The Bertz CT molecular complexity index is 2090. The van der Waals surface area contributed by atoms with Crippen molar-refractivity contribution in [3.63, 3.8) is 0 Å². The molecule has 0 fully saturated rings. The first-order valence-electron chi connectivity index (χ1n) is 21.0. The van der Waals surface area contributed by atoms with Crippen LogP contribution in [-0.2, 0) is 0 Å². The van der Waals surface area contributed by atoms with E-state index in [1.54, 1.807) is 19.2 Å². The molecule has 0 heterocycles. The number of unbranched alkanes of at least 4 members (excludes halogenated alkanes) is 1. The van der Waals surface area contributed by atoms with E-state index in [1.807, 2.05) is 43.3 Å². The quantitative estimate of drug-likeness (QED) is 0.0532. The SMILES string of the molecule is CCCCOc1cc(OC)c(N)c2c1-c1c(OCCN(CC)CC)cccc1C2=O.CCCOc1cc(OC)c(N)c2c1-c1c(OCCN(CC)CC)cccc1C2=O. The van der Waals surface area contributed by atoms with Gasteiger partial charge in [0, 0.05) is 58.6 Å². The second-order valence-electron chi connectivity index (χ2n) is 14.3. The first-order chi connectivity index (χ1) is 28.6. The number of rotatable bonds is 21. The minimum absolute atomic E-state index is 0.120. The molecule has 0 spiro atoms. The number of carbonyl (C=O) groups excluding carboxylic acids is 2. The van der Waals surface area contributed by atoms with Gasteiger partial charge in [-0.05, 0) is 51.2 Å². The lowest BCUT2D eigenvalue weighted by atomic mass is 10.0. The van der Waals surface area contributed by atoms with E-state index in [9.17, 15) is 9.59 Å². The highest BCUT2D eigenvalue weighted by Gasteiger charge is 2.37. The van der Waals surface area contributed by atoms with Gasteiger partial charge in [-0.25, -0.2) is 0 Å². The molecular weight excluding hydrogens is 749 g/mol. The summed E-state index contributed by atoms with van der Waals surface area (Å²) in [5.41, 5.74) is 18.3. The van der Waals surface area contributed by atoms with Crippen molar-refractivity contribution in [3.8, 4) is 56.8 Å². The van der Waals surface area contributed by atoms with E-state index in [1.165, 1.54) is 7.11 Å². The smallest absolute Gasteiger partial charge is 0.196 e. The number of carbonyl (C=O) groups is 2. The van der Waals surface area contributed by atoms with E-state index in [0.717, 1.165) is 69.7 Å². The number of ether oxygens (including phenoxy) is 6. The zero-order valence-corrected chi connectivity index (χ0v) is 36.1. The third-order valence-corrected chi connectivity index (χ3v) is 10.9. The Morgan fingerprint density at radius 3 is 1.25 bits per heavy atom. The largest absolute Gasteiger partial charge is 0.494 e. The maximum atomic E-state index is 13.2. The molecular formula is C47H62N4O8. The lowest BCUT2D eigenvalue weighted by Gasteiger charge is -2.20. The van der Waals surface area contributed by atoms with Gasteiger partial charge in [-0.15, -0.1) is 0 Å². The van der Waals surface area contributed by atoms with Crippen LogP contribution in [0.4, 0.5) is 11.4 Å². The summed E-state index contributed by atoms with van der Waals surface area (Å²) in [6.45, 7) is 20.4. The average Bonchev–Trinajstić information content (AvgIpc) is 3.74. The number of ketones is 2. The van der Waals surface area contributed by atoms with E-state index in [0.29, 0.717) is 106 Å². The second-order valence-corrected chi connectivity index (χ2v) is 14.3. The number of methoxy groups -OCH3 is 2. The molecule has 12 heteroatoms. The van der Waals surface area contributed by atoms with Crippen molar-refractivity contribution in [2.75, 3.05) is 91.4 Å². The average molecular weight is 811 g/mol. The number of fused-ring (bicyclic) bond motifs is 6. The Kier molecular flexibility index (Phi) is 15.9. The standard InChI is InChI=1S/C24H32N2O4.C23H30N2O4/c1-5-8-13-29-18-15-19(28-4)23(25)22-21(18)20-16(24(22)27)10-9-11-17(20)30-14-12-26(6-2)7-3;1-5-12-28-17-14-18(27-4)22(24)21-20(17)19-15(23(21)26)9-8-10-16(19)29-13-11-25(6-2)7-3/h9-11,15H,5-8,12-14,25H2,1-4H3;8-10,14H,5-7,11-13,24H2,1-4H3. The van der Waals surface area contributed by atoms with Crippen LogP contribution in [0.2, 0.25) is 0 Å². The summed E-state index contributed by atoms with van der Waals surface area (Å²) in [5.74, 6) is 3.21. The zero-order chi connectivity index (χ0) is 42.6. The topological polar surface area (TPSA) is 148 Å². The van der Waals surface area contributed by atoms with Gasteiger partial charge in [0.2, 0.25) is 0 Å². The van der Waals surface area contributed by atoms with E-state index in [4.69, 9.17) is 39.9 Å². The number of likely N-dealkylation sites (N-methyl/N-ethyl adjacent to an activating group) is 2. The molecule has 2 aliphatic rings. The first kappa shape index (κ1) is 44.6. The van der Waals surface area contributed by atoms with Crippen LogP contribution >= 0.6 is 0 Å². The van der Waals surface area contributed by atoms with Crippen molar-refractivity contribution in [1.82, 2.24) is 9.80 Å². The van der Waals surface area contributed by atoms with Gasteiger partial charge in [-0.1, -0.05) is 72.2 Å². The Balaban J connectivity index is 0.000000224. The molecule has 59 heavy (non-hydrogen) atoms. The van der Waals surface area contributed by atoms with Crippen molar-refractivity contribution in [3.05, 3.63) is 70.8 Å². The van der Waals surface area contributed by atoms with Crippen molar-refractivity contribution >= 4 is 22.9 Å². The van der Waals surface area contributed by atoms with Crippen molar-refractivity contribution in [2.45, 2.75) is 60.8 Å². The molecule has 0 aliphatic heterocycles. The molecule has 4 N–H and O–H groups in total. The summed E-state index contributed by atoms with van der Waals surface area (Å²) in [7, 11) is 3.08. The highest BCUT2D eigenvalue weighted by Crippen LogP contribution is 2.53.